The van der Waals surface area contributed by atoms with Crippen LogP contribution in [0.5, 0.6) is 0 Å². The van der Waals surface area contributed by atoms with Gasteiger partial charge in [-0.2, -0.15) is 5.26 Å². The van der Waals surface area contributed by atoms with Gasteiger partial charge >= 0.3 is 0 Å². The highest BCUT2D eigenvalue weighted by Gasteiger charge is 2.10. The summed E-state index contributed by atoms with van der Waals surface area (Å²) in [5, 5.41) is 18.0. The topological polar surface area (TPSA) is 108 Å². The molecule has 124 valence electrons. The van der Waals surface area contributed by atoms with E-state index in [1.54, 1.807) is 48.9 Å². The molecule has 2 N–H and O–H groups in total. The van der Waals surface area contributed by atoms with Gasteiger partial charge < -0.3 is 0 Å². The Balaban J connectivity index is 1.99. The highest BCUT2D eigenvalue weighted by molar-refractivity contribution is 5.93. The Morgan fingerprint density at radius 1 is 1.28 bits per heavy atom. The number of aromatic nitrogens is 2. The van der Waals surface area contributed by atoms with Crippen LogP contribution in [0.3, 0.4) is 0 Å². The molecule has 1 heterocycles. The van der Waals surface area contributed by atoms with Gasteiger partial charge in [0, 0.05) is 19.0 Å². The van der Waals surface area contributed by atoms with Crippen LogP contribution in [0.25, 0.3) is 10.9 Å². The fourth-order valence-corrected chi connectivity index (χ4v) is 2.57. The largest absolute Gasteiger partial charge is 0.299 e. The fourth-order valence-electron chi connectivity index (χ4n) is 2.57. The fraction of sp³-hybridized carbons (Fsp3) is 0.111. The van der Waals surface area contributed by atoms with Crippen LogP contribution in [0.1, 0.15) is 27.3 Å². The minimum atomic E-state index is -0.587. The van der Waals surface area contributed by atoms with E-state index in [2.05, 4.69) is 4.98 Å². The summed E-state index contributed by atoms with van der Waals surface area (Å²) in [6.07, 6.45) is 0.405. The van der Waals surface area contributed by atoms with Crippen molar-refractivity contribution in [3.05, 3.63) is 75.3 Å². The molecular weight excluding hydrogens is 320 g/mol. The number of nitriles is 1. The van der Waals surface area contributed by atoms with Crippen molar-refractivity contribution >= 4 is 16.8 Å². The zero-order valence-electron chi connectivity index (χ0n) is 13.4. The van der Waals surface area contributed by atoms with Gasteiger partial charge in [-0.05, 0) is 35.9 Å². The number of nitrogens with zero attached hydrogens (tertiary/aromatic N) is 3. The molecule has 1 aromatic heterocycles. The zero-order valence-corrected chi connectivity index (χ0v) is 13.4. The molecule has 2 aromatic carbocycles. The number of hydroxylamine groups is 1. The minimum absolute atomic E-state index is 0.214. The van der Waals surface area contributed by atoms with Crippen molar-refractivity contribution in [3.63, 3.8) is 0 Å². The van der Waals surface area contributed by atoms with E-state index in [1.807, 2.05) is 6.07 Å². The highest BCUT2D eigenvalue weighted by Crippen LogP contribution is 2.13. The lowest BCUT2D eigenvalue weighted by molar-refractivity contribution is 0.0706. The molecular formula is C18H14N4O3. The first kappa shape index (κ1) is 16.4. The molecule has 0 bridgehead atoms. The molecule has 1 amide bonds. The number of hydrogen-bond acceptors (Lipinski definition) is 5. The smallest absolute Gasteiger partial charge is 0.274 e. The summed E-state index contributed by atoms with van der Waals surface area (Å²) in [6, 6.07) is 13.5. The summed E-state index contributed by atoms with van der Waals surface area (Å²) >= 11 is 0. The van der Waals surface area contributed by atoms with Gasteiger partial charge in [-0.25, -0.2) is 10.5 Å². The molecule has 0 atom stereocenters. The third kappa shape index (κ3) is 3.11. The first-order valence-corrected chi connectivity index (χ1v) is 7.46. The molecule has 3 aromatic rings. The molecule has 0 fully saturated rings. The number of benzene rings is 2. The second-order valence-corrected chi connectivity index (χ2v) is 5.55. The highest BCUT2D eigenvalue weighted by atomic mass is 16.5. The van der Waals surface area contributed by atoms with Crippen molar-refractivity contribution in [2.75, 3.05) is 0 Å². The number of nitrogens with one attached hydrogen (secondary N) is 1. The van der Waals surface area contributed by atoms with Crippen molar-refractivity contribution in [2.45, 2.75) is 6.42 Å². The normalized spacial score (nSPS) is 10.4. The van der Waals surface area contributed by atoms with Crippen LogP contribution in [0.15, 0.2) is 47.3 Å². The van der Waals surface area contributed by atoms with Crippen LogP contribution in [0, 0.1) is 11.3 Å². The zero-order chi connectivity index (χ0) is 18.0. The third-order valence-electron chi connectivity index (χ3n) is 3.98. The maximum Gasteiger partial charge on any atom is 0.274 e. The van der Waals surface area contributed by atoms with Gasteiger partial charge in [0.25, 0.3) is 11.5 Å². The summed E-state index contributed by atoms with van der Waals surface area (Å²) in [5.41, 5.74) is 3.51. The summed E-state index contributed by atoms with van der Waals surface area (Å²) in [6.45, 7) is 0. The predicted octanol–water partition coefficient (Wildman–Crippen LogP) is 1.51. The Hall–Kier alpha value is -3.50. The van der Waals surface area contributed by atoms with Crippen molar-refractivity contribution in [2.24, 2.45) is 7.05 Å². The van der Waals surface area contributed by atoms with Crippen LogP contribution < -0.4 is 11.0 Å². The first-order valence-electron chi connectivity index (χ1n) is 7.46. The lowest BCUT2D eigenvalue weighted by atomic mass is 10.1. The van der Waals surface area contributed by atoms with Gasteiger partial charge in [0.15, 0.2) is 0 Å². The van der Waals surface area contributed by atoms with E-state index < -0.39 is 5.91 Å². The van der Waals surface area contributed by atoms with Crippen molar-refractivity contribution < 1.29 is 10.0 Å². The SMILES string of the molecule is Cn1c(Cc2ccc(C(=O)NO)cc2)nc2ccc(C#N)cc2c1=O. The lowest BCUT2D eigenvalue weighted by Crippen LogP contribution is -2.22. The molecule has 7 heteroatoms. The summed E-state index contributed by atoms with van der Waals surface area (Å²) in [7, 11) is 1.64. The molecule has 7 nitrogen and oxygen atoms in total. The van der Waals surface area contributed by atoms with E-state index in [-0.39, 0.29) is 5.56 Å². The Morgan fingerprint density at radius 2 is 2.00 bits per heavy atom. The Labute approximate surface area is 142 Å². The van der Waals surface area contributed by atoms with Gasteiger partial charge in [-0.3, -0.25) is 19.4 Å². The first-order chi connectivity index (χ1) is 12.0. The van der Waals surface area contributed by atoms with E-state index in [9.17, 15) is 9.59 Å². The summed E-state index contributed by atoms with van der Waals surface area (Å²) < 4.78 is 1.46. The Kier molecular flexibility index (Phi) is 4.29. The van der Waals surface area contributed by atoms with Crippen molar-refractivity contribution in [1.82, 2.24) is 15.0 Å². The monoisotopic (exact) mass is 334 g/mol. The minimum Gasteiger partial charge on any atom is -0.299 e. The van der Waals surface area contributed by atoms with Crippen LogP contribution in [0.4, 0.5) is 0 Å². The number of rotatable bonds is 3. The third-order valence-corrected chi connectivity index (χ3v) is 3.98. The van der Waals surface area contributed by atoms with Crippen molar-refractivity contribution in [3.8, 4) is 6.07 Å². The molecule has 0 radical (unpaired) electrons. The van der Waals surface area contributed by atoms with Gasteiger partial charge in [-0.15, -0.1) is 0 Å². The molecule has 0 spiro atoms. The quantitative estimate of drug-likeness (QED) is 0.557. The van der Waals surface area contributed by atoms with Crippen LogP contribution >= 0.6 is 0 Å². The van der Waals surface area contributed by atoms with E-state index in [0.29, 0.717) is 34.3 Å². The number of amides is 1. The maximum absolute atomic E-state index is 12.5. The molecule has 0 aliphatic heterocycles. The van der Waals surface area contributed by atoms with E-state index in [4.69, 9.17) is 10.5 Å². The summed E-state index contributed by atoms with van der Waals surface area (Å²) in [5.74, 6) is -0.0161. The summed E-state index contributed by atoms with van der Waals surface area (Å²) in [4.78, 5) is 28.4. The maximum atomic E-state index is 12.5. The molecule has 0 saturated carbocycles. The standard InChI is InChI=1S/C18H14N4O3/c1-22-16(9-11-2-5-13(6-3-11)17(23)21-25)20-15-7-4-12(10-19)8-14(15)18(22)24/h2-8,25H,9H2,1H3,(H,21,23). The molecule has 0 aliphatic carbocycles. The van der Waals surface area contributed by atoms with Gasteiger partial charge in [0.1, 0.15) is 5.82 Å². The van der Waals surface area contributed by atoms with Crippen molar-refractivity contribution in [1.29, 1.82) is 5.26 Å². The molecule has 0 saturated heterocycles. The van der Waals surface area contributed by atoms with E-state index >= 15 is 0 Å². The second-order valence-electron chi connectivity index (χ2n) is 5.55. The second kappa shape index (κ2) is 6.55. The molecule has 25 heavy (non-hydrogen) atoms. The van der Waals surface area contributed by atoms with E-state index in [0.717, 1.165) is 5.56 Å². The predicted molar refractivity (Wildman–Crippen MR) is 90.2 cm³/mol. The van der Waals surface area contributed by atoms with Crippen LogP contribution in [-0.2, 0) is 13.5 Å². The average Bonchev–Trinajstić information content (AvgIpc) is 2.65. The van der Waals surface area contributed by atoms with E-state index in [1.165, 1.54) is 10.6 Å². The molecule has 0 unspecified atom stereocenters. The van der Waals surface area contributed by atoms with Gasteiger partial charge in [0.2, 0.25) is 0 Å². The average molecular weight is 334 g/mol. The molecule has 3 rings (SSSR count). The Morgan fingerprint density at radius 3 is 2.64 bits per heavy atom. The number of carbonyl (C=O) groups is 1. The molecule has 0 aliphatic rings. The van der Waals surface area contributed by atoms with Gasteiger partial charge in [-0.1, -0.05) is 12.1 Å². The number of fused-ring (bicyclic) bond motifs is 1. The van der Waals surface area contributed by atoms with Crippen LogP contribution in [0.2, 0.25) is 0 Å². The van der Waals surface area contributed by atoms with Gasteiger partial charge in [0.05, 0.1) is 22.5 Å². The number of carbonyl (C=O) groups excluding carboxylic acids is 1. The Bertz CT molecular complexity index is 1060. The number of hydrogen-bond donors (Lipinski definition) is 2. The van der Waals surface area contributed by atoms with Crippen LogP contribution in [-0.4, -0.2) is 20.7 Å². The lowest BCUT2D eigenvalue weighted by Gasteiger charge is -2.10.